The molecule has 4 nitrogen and oxygen atoms in total. The highest BCUT2D eigenvalue weighted by Crippen LogP contribution is 2.39. The van der Waals surface area contributed by atoms with Crippen molar-refractivity contribution in [1.82, 2.24) is 0 Å². The second-order valence-electron chi connectivity index (χ2n) is 4.03. The van der Waals surface area contributed by atoms with Crippen LogP contribution in [0.5, 0.6) is 11.5 Å². The van der Waals surface area contributed by atoms with Crippen molar-refractivity contribution in [2.24, 2.45) is 0 Å². The van der Waals surface area contributed by atoms with Crippen molar-refractivity contribution in [1.29, 1.82) is 0 Å². The predicted octanol–water partition coefficient (Wildman–Crippen LogP) is 2.90. The Kier molecular flexibility index (Phi) is 2.45. The number of nitrogens with two attached hydrogens (primary N) is 2. The molecule has 0 spiro atoms. The van der Waals surface area contributed by atoms with Crippen LogP contribution >= 0.6 is 11.6 Å². The predicted molar refractivity (Wildman–Crippen MR) is 71.8 cm³/mol. The second-order valence-corrected chi connectivity index (χ2v) is 4.44. The molecule has 0 aliphatic carbocycles. The summed E-state index contributed by atoms with van der Waals surface area (Å²) in [6.45, 7) is 0.246. The molecule has 0 bridgehead atoms. The number of hydrogen-bond acceptors (Lipinski definition) is 4. The van der Waals surface area contributed by atoms with Crippen molar-refractivity contribution in [3.63, 3.8) is 0 Å². The highest BCUT2D eigenvalue weighted by Gasteiger charge is 2.15. The molecule has 5 heteroatoms. The maximum Gasteiger partial charge on any atom is 0.231 e. The molecule has 0 radical (unpaired) electrons. The number of nitrogen functional groups attached to an aromatic ring is 2. The molecule has 1 aliphatic rings. The minimum atomic E-state index is 0.246. The van der Waals surface area contributed by atoms with E-state index in [1.165, 1.54) is 0 Å². The number of rotatable bonds is 1. The lowest BCUT2D eigenvalue weighted by Crippen LogP contribution is -1.95. The zero-order valence-electron chi connectivity index (χ0n) is 9.44. The molecule has 0 saturated heterocycles. The van der Waals surface area contributed by atoms with Crippen molar-refractivity contribution >= 4 is 23.0 Å². The maximum absolute atomic E-state index is 6.18. The summed E-state index contributed by atoms with van der Waals surface area (Å²) in [5, 5.41) is 0.556. The van der Waals surface area contributed by atoms with Crippen LogP contribution in [0, 0.1) is 0 Å². The average Bonchev–Trinajstić information content (AvgIpc) is 2.80. The molecule has 0 saturated carbocycles. The minimum Gasteiger partial charge on any atom is -0.454 e. The standard InChI is InChI=1S/C13H11ClN2O2/c14-9-5-11(16)10(15)4-8(9)7-1-2-12-13(3-7)18-6-17-12/h1-5H,6,15-16H2. The molecular weight excluding hydrogens is 252 g/mol. The smallest absolute Gasteiger partial charge is 0.231 e. The molecule has 0 amide bonds. The first-order valence-electron chi connectivity index (χ1n) is 5.39. The molecule has 0 unspecified atom stereocenters. The molecule has 2 aromatic rings. The molecule has 3 rings (SSSR count). The van der Waals surface area contributed by atoms with Crippen molar-refractivity contribution in [2.75, 3.05) is 18.3 Å². The minimum absolute atomic E-state index is 0.246. The van der Waals surface area contributed by atoms with Gasteiger partial charge in [0.05, 0.1) is 16.4 Å². The Morgan fingerprint density at radius 2 is 1.67 bits per heavy atom. The van der Waals surface area contributed by atoms with Crippen LogP contribution in [-0.4, -0.2) is 6.79 Å². The Hall–Kier alpha value is -2.07. The van der Waals surface area contributed by atoms with Crippen LogP contribution in [0.25, 0.3) is 11.1 Å². The van der Waals surface area contributed by atoms with Crippen LogP contribution in [-0.2, 0) is 0 Å². The third-order valence-electron chi connectivity index (χ3n) is 2.86. The van der Waals surface area contributed by atoms with Crippen LogP contribution in [0.4, 0.5) is 11.4 Å². The van der Waals surface area contributed by atoms with Crippen molar-refractivity contribution in [2.45, 2.75) is 0 Å². The highest BCUT2D eigenvalue weighted by molar-refractivity contribution is 6.33. The van der Waals surface area contributed by atoms with Gasteiger partial charge < -0.3 is 20.9 Å². The fraction of sp³-hybridized carbons (Fsp3) is 0.0769. The SMILES string of the molecule is Nc1cc(Cl)c(-c2ccc3c(c2)OCO3)cc1N. The van der Waals surface area contributed by atoms with Crippen molar-refractivity contribution < 1.29 is 9.47 Å². The number of halogens is 1. The van der Waals surface area contributed by atoms with Crippen LogP contribution in [0.3, 0.4) is 0 Å². The molecule has 1 aliphatic heterocycles. The largest absolute Gasteiger partial charge is 0.454 e. The number of fused-ring (bicyclic) bond motifs is 1. The van der Waals surface area contributed by atoms with Gasteiger partial charge >= 0.3 is 0 Å². The van der Waals surface area contributed by atoms with Gasteiger partial charge in [0.2, 0.25) is 6.79 Å². The Morgan fingerprint density at radius 1 is 0.944 bits per heavy atom. The highest BCUT2D eigenvalue weighted by atomic mass is 35.5. The van der Waals surface area contributed by atoms with Gasteiger partial charge in [-0.15, -0.1) is 0 Å². The molecule has 0 fully saturated rings. The Balaban J connectivity index is 2.12. The zero-order chi connectivity index (χ0) is 12.7. The molecule has 0 aromatic heterocycles. The van der Waals surface area contributed by atoms with Gasteiger partial charge in [-0.3, -0.25) is 0 Å². The van der Waals surface area contributed by atoms with Crippen molar-refractivity contribution in [3.8, 4) is 22.6 Å². The lowest BCUT2D eigenvalue weighted by molar-refractivity contribution is 0.174. The summed E-state index contributed by atoms with van der Waals surface area (Å²) in [7, 11) is 0. The third kappa shape index (κ3) is 1.71. The summed E-state index contributed by atoms with van der Waals surface area (Å²) in [5.74, 6) is 1.44. The molecule has 18 heavy (non-hydrogen) atoms. The summed E-state index contributed by atoms with van der Waals surface area (Å²) >= 11 is 6.18. The number of ether oxygens (including phenoxy) is 2. The average molecular weight is 263 g/mol. The Labute approximate surface area is 109 Å². The van der Waals surface area contributed by atoms with E-state index in [9.17, 15) is 0 Å². The molecule has 0 atom stereocenters. The fourth-order valence-corrected chi connectivity index (χ4v) is 2.17. The van der Waals surface area contributed by atoms with Crippen LogP contribution in [0.2, 0.25) is 5.02 Å². The Bertz CT molecular complexity index is 629. The van der Waals surface area contributed by atoms with E-state index in [2.05, 4.69) is 0 Å². The normalized spacial score (nSPS) is 12.7. The van der Waals surface area contributed by atoms with E-state index in [-0.39, 0.29) is 6.79 Å². The number of anilines is 2. The van der Waals surface area contributed by atoms with E-state index in [1.54, 1.807) is 12.1 Å². The van der Waals surface area contributed by atoms with E-state index >= 15 is 0 Å². The number of hydrogen-bond donors (Lipinski definition) is 2. The lowest BCUT2D eigenvalue weighted by atomic mass is 10.0. The summed E-state index contributed by atoms with van der Waals surface area (Å²) in [4.78, 5) is 0. The third-order valence-corrected chi connectivity index (χ3v) is 3.17. The van der Waals surface area contributed by atoms with Gasteiger partial charge in [0.25, 0.3) is 0 Å². The molecule has 2 aromatic carbocycles. The summed E-state index contributed by atoms with van der Waals surface area (Å²) in [6, 6.07) is 9.04. The summed E-state index contributed by atoms with van der Waals surface area (Å²) < 4.78 is 10.6. The van der Waals surface area contributed by atoms with Gasteiger partial charge in [0, 0.05) is 5.56 Å². The first kappa shape index (κ1) is 11.0. The monoisotopic (exact) mass is 262 g/mol. The first-order valence-corrected chi connectivity index (χ1v) is 5.77. The molecule has 1 heterocycles. The lowest BCUT2D eigenvalue weighted by Gasteiger charge is -2.09. The topological polar surface area (TPSA) is 70.5 Å². The van der Waals surface area contributed by atoms with E-state index < -0.39 is 0 Å². The van der Waals surface area contributed by atoms with Gasteiger partial charge in [-0.1, -0.05) is 17.7 Å². The molecular formula is C13H11ClN2O2. The van der Waals surface area contributed by atoms with Crippen LogP contribution < -0.4 is 20.9 Å². The second kappa shape index (κ2) is 3.99. The van der Waals surface area contributed by atoms with Gasteiger partial charge in [0.15, 0.2) is 11.5 Å². The van der Waals surface area contributed by atoms with Crippen molar-refractivity contribution in [3.05, 3.63) is 35.4 Å². The van der Waals surface area contributed by atoms with Gasteiger partial charge in [-0.05, 0) is 29.8 Å². The zero-order valence-corrected chi connectivity index (χ0v) is 10.2. The van der Waals surface area contributed by atoms with Gasteiger partial charge in [0.1, 0.15) is 0 Å². The molecule has 4 N–H and O–H groups in total. The Morgan fingerprint density at radius 3 is 2.50 bits per heavy atom. The first-order chi connectivity index (χ1) is 8.65. The van der Waals surface area contributed by atoms with E-state index in [1.807, 2.05) is 18.2 Å². The van der Waals surface area contributed by atoms with Crippen LogP contribution in [0.15, 0.2) is 30.3 Å². The van der Waals surface area contributed by atoms with E-state index in [0.29, 0.717) is 22.1 Å². The van der Waals surface area contributed by atoms with Gasteiger partial charge in [-0.2, -0.15) is 0 Å². The quantitative estimate of drug-likeness (QED) is 0.775. The number of benzene rings is 2. The van der Waals surface area contributed by atoms with Gasteiger partial charge in [-0.25, -0.2) is 0 Å². The van der Waals surface area contributed by atoms with E-state index in [0.717, 1.165) is 16.9 Å². The van der Waals surface area contributed by atoms with Crippen LogP contribution in [0.1, 0.15) is 0 Å². The molecule has 92 valence electrons. The van der Waals surface area contributed by atoms with E-state index in [4.69, 9.17) is 32.5 Å². The summed E-state index contributed by atoms with van der Waals surface area (Å²) in [5.41, 5.74) is 14.2. The summed E-state index contributed by atoms with van der Waals surface area (Å²) in [6.07, 6.45) is 0. The maximum atomic E-state index is 6.18. The fourth-order valence-electron chi connectivity index (χ4n) is 1.89.